The van der Waals surface area contributed by atoms with Gasteiger partial charge in [-0.15, -0.1) is 0 Å². The Hall–Kier alpha value is -3.21. The maximum absolute atomic E-state index is 11.3. The first kappa shape index (κ1) is 16.6. The number of nitrogens with two attached hydrogens (primary N) is 1. The topological polar surface area (TPSA) is 126 Å². The first-order chi connectivity index (χ1) is 12.0. The highest BCUT2D eigenvalue weighted by Crippen LogP contribution is 2.30. The van der Waals surface area contributed by atoms with Crippen molar-refractivity contribution in [1.29, 1.82) is 5.26 Å². The molecule has 1 amide bonds. The van der Waals surface area contributed by atoms with Gasteiger partial charge in [0.1, 0.15) is 5.82 Å². The van der Waals surface area contributed by atoms with Crippen molar-refractivity contribution < 1.29 is 9.72 Å². The highest BCUT2D eigenvalue weighted by Gasteiger charge is 2.26. The minimum absolute atomic E-state index is 0.0409. The molecule has 0 bridgehead atoms. The lowest BCUT2D eigenvalue weighted by molar-refractivity contribution is -0.384. The Morgan fingerprint density at radius 2 is 2.24 bits per heavy atom. The fourth-order valence-corrected chi connectivity index (χ4v) is 3.30. The van der Waals surface area contributed by atoms with Crippen LogP contribution in [0.4, 0.5) is 11.5 Å². The van der Waals surface area contributed by atoms with E-state index in [9.17, 15) is 20.2 Å². The second-order valence-electron chi connectivity index (χ2n) is 6.11. The Kier molecular flexibility index (Phi) is 4.48. The number of carbonyl (C=O) groups excluding carboxylic acids is 1. The molecule has 128 valence electrons. The molecule has 0 saturated carbocycles. The average molecular weight is 339 g/mol. The maximum atomic E-state index is 11.3. The molecule has 2 heterocycles. The summed E-state index contributed by atoms with van der Waals surface area (Å²) in [4.78, 5) is 28.4. The van der Waals surface area contributed by atoms with E-state index in [0.717, 1.165) is 25.8 Å². The molecule has 1 fully saturated rings. The predicted molar refractivity (Wildman–Crippen MR) is 91.9 cm³/mol. The number of anilines is 1. The zero-order chi connectivity index (χ0) is 18.0. The zero-order valence-corrected chi connectivity index (χ0v) is 13.5. The SMILES string of the molecule is N#Cc1cc(N2CCCCC2CC(N)=O)nc2ccc([N+](=O)[O-])cc12. The van der Waals surface area contributed by atoms with Crippen molar-refractivity contribution in [2.45, 2.75) is 31.7 Å². The highest BCUT2D eigenvalue weighted by molar-refractivity contribution is 5.88. The summed E-state index contributed by atoms with van der Waals surface area (Å²) in [6.07, 6.45) is 3.06. The number of benzene rings is 1. The van der Waals surface area contributed by atoms with Crippen LogP contribution in [0.5, 0.6) is 0 Å². The third-order valence-electron chi connectivity index (χ3n) is 4.47. The Morgan fingerprint density at radius 1 is 1.44 bits per heavy atom. The molecule has 0 radical (unpaired) electrons. The molecule has 1 aliphatic rings. The summed E-state index contributed by atoms with van der Waals surface area (Å²) in [6.45, 7) is 0.730. The van der Waals surface area contributed by atoms with Crippen molar-refractivity contribution in [2.75, 3.05) is 11.4 Å². The molecule has 1 saturated heterocycles. The Labute approximate surface area is 144 Å². The Morgan fingerprint density at radius 3 is 2.92 bits per heavy atom. The molecule has 2 N–H and O–H groups in total. The van der Waals surface area contributed by atoms with Crippen molar-refractivity contribution in [3.8, 4) is 6.07 Å². The van der Waals surface area contributed by atoms with E-state index in [-0.39, 0.29) is 24.1 Å². The van der Waals surface area contributed by atoms with Gasteiger partial charge in [0.2, 0.25) is 5.91 Å². The molecule has 2 aromatic rings. The predicted octanol–water partition coefficient (Wildman–Crippen LogP) is 2.25. The van der Waals surface area contributed by atoms with E-state index in [1.165, 1.54) is 12.1 Å². The van der Waals surface area contributed by atoms with Crippen molar-refractivity contribution in [2.24, 2.45) is 5.73 Å². The number of nitrogens with zero attached hydrogens (tertiary/aromatic N) is 4. The van der Waals surface area contributed by atoms with Gasteiger partial charge in [-0.05, 0) is 31.4 Å². The largest absolute Gasteiger partial charge is 0.370 e. The lowest BCUT2D eigenvalue weighted by Gasteiger charge is -2.36. The Bertz CT molecular complexity index is 890. The van der Waals surface area contributed by atoms with Gasteiger partial charge >= 0.3 is 0 Å². The van der Waals surface area contributed by atoms with Crippen molar-refractivity contribution >= 4 is 28.3 Å². The van der Waals surface area contributed by atoms with Crippen LogP contribution < -0.4 is 10.6 Å². The van der Waals surface area contributed by atoms with Gasteiger partial charge in [0.25, 0.3) is 5.69 Å². The van der Waals surface area contributed by atoms with Crippen molar-refractivity contribution in [3.05, 3.63) is 39.9 Å². The molecule has 0 spiro atoms. The van der Waals surface area contributed by atoms with Crippen LogP contribution >= 0.6 is 0 Å². The number of non-ortho nitro benzene ring substituents is 1. The number of nitro benzene ring substituents is 1. The monoisotopic (exact) mass is 339 g/mol. The molecule has 25 heavy (non-hydrogen) atoms. The van der Waals surface area contributed by atoms with Gasteiger partial charge in [0.05, 0.1) is 22.1 Å². The summed E-state index contributed by atoms with van der Waals surface area (Å²) in [5.41, 5.74) is 6.12. The second kappa shape index (κ2) is 6.73. The van der Waals surface area contributed by atoms with Gasteiger partial charge in [-0.2, -0.15) is 5.26 Å². The number of amides is 1. The molecule has 3 rings (SSSR count). The van der Waals surface area contributed by atoms with Gasteiger partial charge in [-0.1, -0.05) is 0 Å². The van der Waals surface area contributed by atoms with E-state index >= 15 is 0 Å². The van der Waals surface area contributed by atoms with Gasteiger partial charge in [-0.25, -0.2) is 4.98 Å². The number of hydrogen-bond acceptors (Lipinski definition) is 6. The summed E-state index contributed by atoms with van der Waals surface area (Å²) < 4.78 is 0. The smallest absolute Gasteiger partial charge is 0.270 e. The van der Waals surface area contributed by atoms with Crippen LogP contribution in [0.1, 0.15) is 31.2 Å². The molecule has 8 nitrogen and oxygen atoms in total. The van der Waals surface area contributed by atoms with E-state index in [2.05, 4.69) is 11.1 Å². The number of piperidine rings is 1. The summed E-state index contributed by atoms with van der Waals surface area (Å²) in [5, 5.41) is 20.9. The van der Waals surface area contributed by atoms with Crippen LogP contribution in [0.25, 0.3) is 10.9 Å². The molecule has 1 aliphatic heterocycles. The number of nitro groups is 1. The summed E-state index contributed by atoms with van der Waals surface area (Å²) in [7, 11) is 0. The first-order valence-corrected chi connectivity index (χ1v) is 8.04. The quantitative estimate of drug-likeness (QED) is 0.672. The molecular formula is C17H17N5O3. The van der Waals surface area contributed by atoms with Crippen molar-refractivity contribution in [1.82, 2.24) is 4.98 Å². The number of rotatable bonds is 4. The molecule has 8 heteroatoms. The van der Waals surface area contributed by atoms with Gasteiger partial charge < -0.3 is 10.6 Å². The highest BCUT2D eigenvalue weighted by atomic mass is 16.6. The number of primary amides is 1. The van der Waals surface area contributed by atoms with Crippen LogP contribution in [-0.4, -0.2) is 28.4 Å². The van der Waals surface area contributed by atoms with Gasteiger partial charge in [-0.3, -0.25) is 14.9 Å². The van der Waals surface area contributed by atoms with Gasteiger partial charge in [0, 0.05) is 36.5 Å². The molecule has 1 aromatic carbocycles. The number of aromatic nitrogens is 1. The van der Waals surface area contributed by atoms with E-state index in [1.54, 1.807) is 12.1 Å². The summed E-state index contributed by atoms with van der Waals surface area (Å²) in [5.74, 6) is 0.234. The minimum Gasteiger partial charge on any atom is -0.370 e. The van der Waals surface area contributed by atoms with Crippen LogP contribution in [-0.2, 0) is 4.79 Å². The van der Waals surface area contributed by atoms with E-state index < -0.39 is 4.92 Å². The third-order valence-corrected chi connectivity index (χ3v) is 4.47. The minimum atomic E-state index is -0.498. The summed E-state index contributed by atoms with van der Waals surface area (Å²) in [6, 6.07) is 7.96. The van der Waals surface area contributed by atoms with Crippen molar-refractivity contribution in [3.63, 3.8) is 0 Å². The number of nitriles is 1. The van der Waals surface area contributed by atoms with E-state index in [1.807, 2.05) is 4.90 Å². The average Bonchev–Trinajstić information content (AvgIpc) is 2.60. The number of carbonyl (C=O) groups is 1. The molecule has 1 aromatic heterocycles. The zero-order valence-electron chi connectivity index (χ0n) is 13.5. The fraction of sp³-hybridized carbons (Fsp3) is 0.353. The second-order valence-corrected chi connectivity index (χ2v) is 6.11. The van der Waals surface area contributed by atoms with E-state index in [0.29, 0.717) is 22.3 Å². The fourth-order valence-electron chi connectivity index (χ4n) is 3.30. The molecule has 1 unspecified atom stereocenters. The van der Waals surface area contributed by atoms with Crippen LogP contribution in [0.15, 0.2) is 24.3 Å². The molecular weight excluding hydrogens is 322 g/mol. The molecule has 0 aliphatic carbocycles. The van der Waals surface area contributed by atoms with Crippen LogP contribution in [0.3, 0.4) is 0 Å². The standard InChI is InChI=1S/C17H17N5O3/c18-10-11-7-17(21-6-2-1-3-12(21)9-16(19)23)20-15-5-4-13(22(24)25)8-14(11)15/h4-5,7-8,12H,1-3,6,9H2,(H2,19,23). The normalized spacial score (nSPS) is 17.2. The van der Waals surface area contributed by atoms with Crippen LogP contribution in [0.2, 0.25) is 0 Å². The summed E-state index contributed by atoms with van der Waals surface area (Å²) >= 11 is 0. The lowest BCUT2D eigenvalue weighted by Crippen LogP contribution is -2.42. The van der Waals surface area contributed by atoms with Gasteiger partial charge in [0.15, 0.2) is 0 Å². The number of fused-ring (bicyclic) bond motifs is 1. The van der Waals surface area contributed by atoms with Crippen LogP contribution in [0, 0.1) is 21.4 Å². The Balaban J connectivity index is 2.07. The first-order valence-electron chi connectivity index (χ1n) is 8.04. The molecule has 1 atom stereocenters. The maximum Gasteiger partial charge on any atom is 0.270 e. The number of hydrogen-bond donors (Lipinski definition) is 1. The lowest BCUT2D eigenvalue weighted by atomic mass is 9.98. The van der Waals surface area contributed by atoms with E-state index in [4.69, 9.17) is 5.73 Å². The number of pyridine rings is 1. The third kappa shape index (κ3) is 3.35.